The number of piperidine rings is 1. The van der Waals surface area contributed by atoms with Crippen molar-refractivity contribution in [3.63, 3.8) is 0 Å². The average molecular weight is 388 g/mol. The lowest BCUT2D eigenvalue weighted by molar-refractivity contribution is 0.0683. The number of aromatic amines is 1. The van der Waals surface area contributed by atoms with E-state index in [-0.39, 0.29) is 5.91 Å². The van der Waals surface area contributed by atoms with Crippen LogP contribution in [-0.2, 0) is 0 Å². The Bertz CT molecular complexity index is 1170. The molecule has 5 rings (SSSR count). The van der Waals surface area contributed by atoms with Gasteiger partial charge in [0, 0.05) is 36.4 Å². The fraction of sp³-hybridized carbons (Fsp3) is 0.300. The van der Waals surface area contributed by atoms with E-state index in [0.29, 0.717) is 23.0 Å². The smallest absolute Gasteiger partial charge is 0.255 e. The summed E-state index contributed by atoms with van der Waals surface area (Å²) in [5.74, 6) is 1.20. The Hall–Kier alpha value is -3.62. The van der Waals surface area contributed by atoms with Crippen LogP contribution in [-0.4, -0.2) is 58.8 Å². The number of carbonyl (C=O) groups excluding carboxylic acids is 1. The summed E-state index contributed by atoms with van der Waals surface area (Å²) < 4.78 is 1.71. The van der Waals surface area contributed by atoms with Gasteiger partial charge in [-0.25, -0.2) is 14.6 Å². The van der Waals surface area contributed by atoms with Crippen LogP contribution < -0.4 is 0 Å². The van der Waals surface area contributed by atoms with E-state index in [0.717, 1.165) is 36.1 Å². The summed E-state index contributed by atoms with van der Waals surface area (Å²) in [4.78, 5) is 27.8. The number of nitrogens with one attached hydrogen (secondary N) is 1. The highest BCUT2D eigenvalue weighted by molar-refractivity contribution is 5.97. The molecule has 4 aromatic rings. The van der Waals surface area contributed by atoms with Crippen LogP contribution in [0, 0.1) is 5.92 Å². The fourth-order valence-electron chi connectivity index (χ4n) is 3.80. The number of hydrogen-bond acceptors (Lipinski definition) is 6. The second-order valence-electron chi connectivity index (χ2n) is 7.46. The first kappa shape index (κ1) is 17.5. The molecular weight excluding hydrogens is 368 g/mol. The van der Waals surface area contributed by atoms with E-state index >= 15 is 0 Å². The van der Waals surface area contributed by atoms with Crippen molar-refractivity contribution in [1.29, 1.82) is 0 Å². The summed E-state index contributed by atoms with van der Waals surface area (Å²) in [5.41, 5.74) is 2.82. The van der Waals surface area contributed by atoms with Crippen LogP contribution in [0.15, 0.2) is 43.2 Å². The van der Waals surface area contributed by atoms with E-state index in [1.807, 2.05) is 17.0 Å². The number of rotatable bonds is 3. The highest BCUT2D eigenvalue weighted by atomic mass is 16.2. The highest BCUT2D eigenvalue weighted by Gasteiger charge is 2.23. The summed E-state index contributed by atoms with van der Waals surface area (Å²) >= 11 is 0. The van der Waals surface area contributed by atoms with Crippen LogP contribution in [0.4, 0.5) is 0 Å². The van der Waals surface area contributed by atoms with Crippen molar-refractivity contribution < 1.29 is 4.79 Å². The van der Waals surface area contributed by atoms with Gasteiger partial charge in [-0.1, -0.05) is 6.92 Å². The molecule has 1 atom stereocenters. The number of H-pyrrole nitrogens is 1. The lowest BCUT2D eigenvalue weighted by Gasteiger charge is -2.30. The molecule has 9 nitrogen and oxygen atoms in total. The lowest BCUT2D eigenvalue weighted by Crippen LogP contribution is -2.39. The third-order valence-electron chi connectivity index (χ3n) is 5.26. The van der Waals surface area contributed by atoms with Gasteiger partial charge in [-0.05, 0) is 30.9 Å². The maximum Gasteiger partial charge on any atom is 0.255 e. The molecular formula is C20H20N8O. The molecule has 1 fully saturated rings. The third-order valence-corrected chi connectivity index (χ3v) is 5.26. The number of hydrogen-bond donors (Lipinski definition) is 1. The van der Waals surface area contributed by atoms with E-state index in [1.54, 1.807) is 29.5 Å². The third kappa shape index (κ3) is 3.24. The van der Waals surface area contributed by atoms with Crippen molar-refractivity contribution in [2.75, 3.05) is 13.1 Å². The second kappa shape index (κ2) is 7.08. The first-order chi connectivity index (χ1) is 14.2. The highest BCUT2D eigenvalue weighted by Crippen LogP contribution is 2.22. The molecule has 1 amide bonds. The molecule has 0 aromatic carbocycles. The molecule has 146 valence electrons. The van der Waals surface area contributed by atoms with E-state index in [1.165, 1.54) is 12.7 Å². The van der Waals surface area contributed by atoms with Crippen LogP contribution in [0.25, 0.3) is 28.1 Å². The average Bonchev–Trinajstić information content (AvgIpc) is 3.43. The monoisotopic (exact) mass is 388 g/mol. The molecule has 1 aliphatic rings. The number of fused-ring (bicyclic) bond motifs is 1. The number of aromatic nitrogens is 7. The molecule has 5 heterocycles. The Labute approximate surface area is 166 Å². The van der Waals surface area contributed by atoms with Gasteiger partial charge < -0.3 is 4.90 Å². The molecule has 29 heavy (non-hydrogen) atoms. The first-order valence-electron chi connectivity index (χ1n) is 9.63. The van der Waals surface area contributed by atoms with Crippen LogP contribution in [0.1, 0.15) is 30.1 Å². The molecule has 0 saturated carbocycles. The predicted molar refractivity (Wildman–Crippen MR) is 106 cm³/mol. The molecule has 4 aromatic heterocycles. The Morgan fingerprint density at radius 3 is 2.93 bits per heavy atom. The number of likely N-dealkylation sites (tertiary alicyclic amines) is 1. The zero-order valence-corrected chi connectivity index (χ0v) is 16.0. The number of pyridine rings is 2. The van der Waals surface area contributed by atoms with Gasteiger partial charge in [-0.3, -0.25) is 14.9 Å². The Balaban J connectivity index is 1.47. The van der Waals surface area contributed by atoms with Crippen molar-refractivity contribution in [2.24, 2.45) is 5.92 Å². The maximum absolute atomic E-state index is 12.9. The van der Waals surface area contributed by atoms with Crippen LogP contribution in [0.2, 0.25) is 0 Å². The van der Waals surface area contributed by atoms with Gasteiger partial charge in [-0.2, -0.15) is 10.2 Å². The Morgan fingerprint density at radius 1 is 1.17 bits per heavy atom. The predicted octanol–water partition coefficient (Wildman–Crippen LogP) is 2.47. The number of carbonyl (C=O) groups is 1. The van der Waals surface area contributed by atoms with Crippen molar-refractivity contribution in [3.05, 3.63) is 48.8 Å². The minimum absolute atomic E-state index is 0.0349. The van der Waals surface area contributed by atoms with Crippen LogP contribution in [0.3, 0.4) is 0 Å². The van der Waals surface area contributed by atoms with Crippen molar-refractivity contribution in [3.8, 4) is 17.1 Å². The molecule has 1 saturated heterocycles. The standard InChI is InChI=1S/C20H20N8O/c1-13-3-2-4-27(11-13)20(29)16-5-15-9-25-28(19(15)22-8-16)17-6-14(7-21-10-17)18-23-12-24-26-18/h5-10,12-13H,2-4,11H2,1H3,(H,23,24,26)/t13-/m0/s1. The van der Waals surface area contributed by atoms with Crippen molar-refractivity contribution >= 4 is 16.9 Å². The second-order valence-corrected chi connectivity index (χ2v) is 7.46. The van der Waals surface area contributed by atoms with Crippen LogP contribution >= 0.6 is 0 Å². The molecule has 0 radical (unpaired) electrons. The van der Waals surface area contributed by atoms with E-state index < -0.39 is 0 Å². The molecule has 0 unspecified atom stereocenters. The molecule has 1 N–H and O–H groups in total. The van der Waals surface area contributed by atoms with Crippen molar-refractivity contribution in [1.82, 2.24) is 39.8 Å². The SMILES string of the molecule is C[C@H]1CCCN(C(=O)c2cnc3c(cnn3-c3cncc(-c4ncn[nH]4)c3)c2)C1. The van der Waals surface area contributed by atoms with Gasteiger partial charge in [0.15, 0.2) is 11.5 Å². The van der Waals surface area contributed by atoms with Gasteiger partial charge in [0.1, 0.15) is 6.33 Å². The molecule has 0 aliphatic carbocycles. The topological polar surface area (TPSA) is 105 Å². The Kier molecular flexibility index (Phi) is 4.27. The zero-order valence-electron chi connectivity index (χ0n) is 16.0. The minimum Gasteiger partial charge on any atom is -0.338 e. The summed E-state index contributed by atoms with van der Waals surface area (Å²) in [7, 11) is 0. The Morgan fingerprint density at radius 2 is 2.10 bits per heavy atom. The van der Waals surface area contributed by atoms with Gasteiger partial charge in [0.25, 0.3) is 5.91 Å². The zero-order chi connectivity index (χ0) is 19.8. The molecule has 1 aliphatic heterocycles. The van der Waals surface area contributed by atoms with Gasteiger partial charge >= 0.3 is 0 Å². The summed E-state index contributed by atoms with van der Waals surface area (Å²) in [5, 5.41) is 12.0. The molecule has 0 spiro atoms. The van der Waals surface area contributed by atoms with Gasteiger partial charge in [-0.15, -0.1) is 0 Å². The van der Waals surface area contributed by atoms with Crippen LogP contribution in [0.5, 0.6) is 0 Å². The van der Waals surface area contributed by atoms with Gasteiger partial charge in [0.2, 0.25) is 0 Å². The summed E-state index contributed by atoms with van der Waals surface area (Å²) in [6, 6.07) is 3.77. The number of amides is 1. The quantitative estimate of drug-likeness (QED) is 0.578. The fourth-order valence-corrected chi connectivity index (χ4v) is 3.80. The van der Waals surface area contributed by atoms with E-state index in [2.05, 4.69) is 37.2 Å². The number of nitrogens with zero attached hydrogens (tertiary/aromatic N) is 7. The first-order valence-corrected chi connectivity index (χ1v) is 9.63. The van der Waals surface area contributed by atoms with E-state index in [4.69, 9.17) is 0 Å². The minimum atomic E-state index is 0.0349. The summed E-state index contributed by atoms with van der Waals surface area (Å²) in [6.45, 7) is 3.79. The lowest BCUT2D eigenvalue weighted by atomic mass is 10.00. The largest absolute Gasteiger partial charge is 0.338 e. The van der Waals surface area contributed by atoms with Gasteiger partial charge in [0.05, 0.1) is 23.6 Å². The maximum atomic E-state index is 12.9. The van der Waals surface area contributed by atoms with E-state index in [9.17, 15) is 4.79 Å². The molecule has 9 heteroatoms. The molecule has 0 bridgehead atoms. The van der Waals surface area contributed by atoms with Crippen molar-refractivity contribution in [2.45, 2.75) is 19.8 Å². The normalized spacial score (nSPS) is 17.0. The summed E-state index contributed by atoms with van der Waals surface area (Å²) in [6.07, 6.45) is 10.5.